The lowest BCUT2D eigenvalue weighted by Gasteiger charge is -2.37. The largest absolute Gasteiger partial charge is 0.350 e. The standard InChI is InChI=1S/C29H40FN3O/c1-21(7-6-8-22(2)19-28(34)32-25-12-10-24(30)11-13-25)9-14-26-23(3)27(15-16-29(26,4)5)33-18-17-31-20-33/h6-9,14,17-20,24-25,27H,10-13,15-16H2,1-5H3,(H,32,34)/b8-6+,14-9+,21-7+,22-19+. The molecular formula is C29H40FN3O. The van der Waals surface area contributed by atoms with Gasteiger partial charge in [-0.25, -0.2) is 9.37 Å². The Bertz CT molecular complexity index is 987. The molecule has 184 valence electrons. The molecule has 1 atom stereocenters. The summed E-state index contributed by atoms with van der Waals surface area (Å²) in [6.45, 7) is 10.9. The van der Waals surface area contributed by atoms with Crippen LogP contribution in [0.25, 0.3) is 0 Å². The summed E-state index contributed by atoms with van der Waals surface area (Å²) >= 11 is 0. The van der Waals surface area contributed by atoms with E-state index in [1.54, 1.807) is 6.08 Å². The normalized spacial score (nSPS) is 26.5. The zero-order chi connectivity index (χ0) is 24.7. The predicted octanol–water partition coefficient (Wildman–Crippen LogP) is 6.96. The van der Waals surface area contributed by atoms with Crippen LogP contribution in [0.1, 0.15) is 79.2 Å². The van der Waals surface area contributed by atoms with Gasteiger partial charge in [-0.2, -0.15) is 0 Å². The van der Waals surface area contributed by atoms with Crippen LogP contribution in [0.2, 0.25) is 0 Å². The summed E-state index contributed by atoms with van der Waals surface area (Å²) < 4.78 is 15.5. The number of carbonyl (C=O) groups excluding carboxylic acids is 1. The molecule has 1 N–H and O–H groups in total. The molecule has 34 heavy (non-hydrogen) atoms. The number of imidazole rings is 1. The molecule has 1 aromatic rings. The maximum atomic E-state index is 13.3. The Morgan fingerprint density at radius 1 is 1.15 bits per heavy atom. The van der Waals surface area contributed by atoms with Crippen LogP contribution in [0.4, 0.5) is 4.39 Å². The number of hydrogen-bond acceptors (Lipinski definition) is 2. The van der Waals surface area contributed by atoms with Crippen LogP contribution in [0.3, 0.4) is 0 Å². The Hall–Kier alpha value is -2.69. The zero-order valence-electron chi connectivity index (χ0n) is 21.4. The molecular weight excluding hydrogens is 425 g/mol. The van der Waals surface area contributed by atoms with Crippen LogP contribution < -0.4 is 5.32 Å². The highest BCUT2D eigenvalue weighted by atomic mass is 19.1. The number of alkyl halides is 1. The molecule has 1 aromatic heterocycles. The summed E-state index contributed by atoms with van der Waals surface area (Å²) in [6.07, 6.45) is 21.9. The summed E-state index contributed by atoms with van der Waals surface area (Å²) in [5.41, 5.74) is 4.98. The van der Waals surface area contributed by atoms with E-state index in [2.05, 4.69) is 60.8 Å². The molecule has 1 unspecified atom stereocenters. The minimum atomic E-state index is -0.708. The van der Waals surface area contributed by atoms with Gasteiger partial charge in [-0.15, -0.1) is 0 Å². The third-order valence-electron chi connectivity index (χ3n) is 7.17. The highest BCUT2D eigenvalue weighted by Gasteiger charge is 2.32. The van der Waals surface area contributed by atoms with Gasteiger partial charge in [0.15, 0.2) is 0 Å². The van der Waals surface area contributed by atoms with Gasteiger partial charge in [0, 0.05) is 24.5 Å². The number of halogens is 1. The summed E-state index contributed by atoms with van der Waals surface area (Å²) in [6, 6.07) is 0.459. The second kappa shape index (κ2) is 11.6. The lowest BCUT2D eigenvalue weighted by atomic mass is 9.71. The van der Waals surface area contributed by atoms with Gasteiger partial charge in [-0.1, -0.05) is 49.8 Å². The van der Waals surface area contributed by atoms with Crippen LogP contribution in [0.5, 0.6) is 0 Å². The molecule has 1 amide bonds. The molecule has 5 heteroatoms. The first-order valence-corrected chi connectivity index (χ1v) is 12.5. The number of allylic oxidation sites excluding steroid dienone is 9. The maximum Gasteiger partial charge on any atom is 0.244 e. The van der Waals surface area contributed by atoms with Gasteiger partial charge >= 0.3 is 0 Å². The number of amides is 1. The van der Waals surface area contributed by atoms with E-state index in [4.69, 9.17) is 0 Å². The van der Waals surface area contributed by atoms with Crippen LogP contribution in [0, 0.1) is 5.41 Å². The van der Waals surface area contributed by atoms with Crippen molar-refractivity contribution < 1.29 is 9.18 Å². The van der Waals surface area contributed by atoms with Crippen LogP contribution in [0.15, 0.2) is 77.5 Å². The molecule has 0 spiro atoms. The molecule has 1 heterocycles. The van der Waals surface area contributed by atoms with Gasteiger partial charge in [-0.3, -0.25) is 4.79 Å². The third-order valence-corrected chi connectivity index (χ3v) is 7.17. The Labute approximate surface area is 204 Å². The Kier molecular flexibility index (Phi) is 8.87. The van der Waals surface area contributed by atoms with Gasteiger partial charge in [0.1, 0.15) is 6.17 Å². The highest BCUT2D eigenvalue weighted by molar-refractivity contribution is 5.88. The third kappa shape index (κ3) is 7.15. The summed E-state index contributed by atoms with van der Waals surface area (Å²) in [5, 5.41) is 3.00. The highest BCUT2D eigenvalue weighted by Crippen LogP contribution is 2.45. The van der Waals surface area contributed by atoms with Crippen molar-refractivity contribution in [3.8, 4) is 0 Å². The van der Waals surface area contributed by atoms with Gasteiger partial charge in [-0.05, 0) is 81.4 Å². The molecule has 0 aromatic carbocycles. The van der Waals surface area contributed by atoms with Crippen molar-refractivity contribution in [1.82, 2.24) is 14.9 Å². The first-order valence-electron chi connectivity index (χ1n) is 12.5. The number of carbonyl (C=O) groups is 1. The molecule has 2 aliphatic rings. The van der Waals surface area contributed by atoms with Crippen LogP contribution in [-0.4, -0.2) is 27.7 Å². The number of aromatic nitrogens is 2. The Balaban J connectivity index is 1.60. The van der Waals surface area contributed by atoms with Crippen molar-refractivity contribution in [1.29, 1.82) is 0 Å². The Morgan fingerprint density at radius 3 is 2.56 bits per heavy atom. The predicted molar refractivity (Wildman–Crippen MR) is 138 cm³/mol. The lowest BCUT2D eigenvalue weighted by Crippen LogP contribution is -2.37. The van der Waals surface area contributed by atoms with E-state index in [1.165, 1.54) is 11.1 Å². The molecule has 3 rings (SSSR count). The topological polar surface area (TPSA) is 46.9 Å². The smallest absolute Gasteiger partial charge is 0.244 e. The monoisotopic (exact) mass is 465 g/mol. The number of nitrogens with one attached hydrogen (secondary N) is 1. The second-order valence-corrected chi connectivity index (χ2v) is 10.5. The van der Waals surface area contributed by atoms with E-state index < -0.39 is 6.17 Å². The molecule has 0 saturated heterocycles. The first kappa shape index (κ1) is 25.9. The molecule has 1 fully saturated rings. The van der Waals surface area contributed by atoms with Crippen molar-refractivity contribution in [3.05, 3.63) is 77.5 Å². The minimum absolute atomic E-state index is 0.0926. The van der Waals surface area contributed by atoms with Crippen molar-refractivity contribution in [2.75, 3.05) is 0 Å². The molecule has 0 bridgehead atoms. The van der Waals surface area contributed by atoms with Crippen molar-refractivity contribution in [3.63, 3.8) is 0 Å². The van der Waals surface area contributed by atoms with E-state index in [0.717, 1.165) is 36.8 Å². The fraction of sp³-hybridized carbons (Fsp3) is 0.517. The molecule has 2 aliphatic carbocycles. The van der Waals surface area contributed by atoms with Crippen molar-refractivity contribution in [2.24, 2.45) is 5.41 Å². The lowest BCUT2D eigenvalue weighted by molar-refractivity contribution is -0.117. The van der Waals surface area contributed by atoms with Gasteiger partial charge in [0.2, 0.25) is 5.91 Å². The van der Waals surface area contributed by atoms with Crippen LogP contribution in [-0.2, 0) is 4.79 Å². The summed E-state index contributed by atoms with van der Waals surface area (Å²) in [4.78, 5) is 16.5. The fourth-order valence-electron chi connectivity index (χ4n) is 5.06. The maximum absolute atomic E-state index is 13.3. The average Bonchev–Trinajstić information content (AvgIpc) is 3.29. The summed E-state index contributed by atoms with van der Waals surface area (Å²) in [5.74, 6) is -0.0977. The quantitative estimate of drug-likeness (QED) is 0.349. The molecule has 4 nitrogen and oxygen atoms in total. The van der Waals surface area contributed by atoms with Crippen LogP contribution >= 0.6 is 0 Å². The molecule has 0 aliphatic heterocycles. The molecule has 1 saturated carbocycles. The number of rotatable bonds is 7. The van der Waals surface area contributed by atoms with E-state index in [0.29, 0.717) is 18.9 Å². The number of hydrogen-bond donors (Lipinski definition) is 1. The molecule has 0 radical (unpaired) electrons. The second-order valence-electron chi connectivity index (χ2n) is 10.5. The SMILES string of the molecule is CC1=C(/C=C/C(C)=C/C=C/C(C)=C/C(=O)NC2CCC(F)CC2)C(C)(C)CCC1n1ccnc1. The van der Waals surface area contributed by atoms with E-state index >= 15 is 0 Å². The Morgan fingerprint density at radius 2 is 1.88 bits per heavy atom. The van der Waals surface area contributed by atoms with E-state index in [9.17, 15) is 9.18 Å². The number of nitrogens with zero attached hydrogens (tertiary/aromatic N) is 2. The van der Waals surface area contributed by atoms with Crippen molar-refractivity contribution >= 4 is 5.91 Å². The van der Waals surface area contributed by atoms with Gasteiger partial charge in [0.25, 0.3) is 0 Å². The summed E-state index contributed by atoms with van der Waals surface area (Å²) in [7, 11) is 0. The van der Waals surface area contributed by atoms with E-state index in [1.807, 2.05) is 37.8 Å². The van der Waals surface area contributed by atoms with Crippen molar-refractivity contribution in [2.45, 2.75) is 91.4 Å². The minimum Gasteiger partial charge on any atom is -0.350 e. The van der Waals surface area contributed by atoms with Gasteiger partial charge < -0.3 is 9.88 Å². The first-order chi connectivity index (χ1) is 16.2. The fourth-order valence-corrected chi connectivity index (χ4v) is 5.06. The van der Waals surface area contributed by atoms with E-state index in [-0.39, 0.29) is 17.4 Å². The van der Waals surface area contributed by atoms with Gasteiger partial charge in [0.05, 0.1) is 12.4 Å². The zero-order valence-corrected chi connectivity index (χ0v) is 21.4. The average molecular weight is 466 g/mol.